The zero-order chi connectivity index (χ0) is 15.1. The summed E-state index contributed by atoms with van der Waals surface area (Å²) >= 11 is 7.77. The molecule has 0 fully saturated rings. The highest BCUT2D eigenvalue weighted by atomic mass is 35.5. The fraction of sp³-hybridized carbons (Fsp3) is 0.235. The van der Waals surface area contributed by atoms with Crippen molar-refractivity contribution in [2.75, 3.05) is 13.6 Å². The Bertz CT molecular complexity index is 626. The SMILES string of the molecule is CNCCC(Sc1cc(Cl)ccc1C#N)c1ccccc1.Cl. The summed E-state index contributed by atoms with van der Waals surface area (Å²) in [5, 5.41) is 13.4. The average Bonchev–Trinajstić information content (AvgIpc) is 2.52. The lowest BCUT2D eigenvalue weighted by Crippen LogP contribution is -2.10. The molecule has 0 amide bonds. The van der Waals surface area contributed by atoms with Gasteiger partial charge in [0, 0.05) is 15.2 Å². The third-order valence-electron chi connectivity index (χ3n) is 3.16. The van der Waals surface area contributed by atoms with E-state index in [4.69, 9.17) is 11.6 Å². The Hall–Kier alpha value is -1.18. The van der Waals surface area contributed by atoms with Crippen LogP contribution in [0.3, 0.4) is 0 Å². The van der Waals surface area contributed by atoms with Gasteiger partial charge in [-0.15, -0.1) is 24.2 Å². The first-order valence-corrected chi connectivity index (χ1v) is 8.06. The zero-order valence-electron chi connectivity index (χ0n) is 12.3. The van der Waals surface area contributed by atoms with Crippen molar-refractivity contribution in [2.45, 2.75) is 16.6 Å². The predicted molar refractivity (Wildman–Crippen MR) is 97.0 cm³/mol. The smallest absolute Gasteiger partial charge is 0.100 e. The van der Waals surface area contributed by atoms with E-state index < -0.39 is 0 Å². The van der Waals surface area contributed by atoms with Gasteiger partial charge in [-0.25, -0.2) is 0 Å². The lowest BCUT2D eigenvalue weighted by Gasteiger charge is -2.18. The first-order valence-electron chi connectivity index (χ1n) is 6.80. The molecular formula is C17H18Cl2N2S. The number of hydrogen-bond acceptors (Lipinski definition) is 3. The summed E-state index contributed by atoms with van der Waals surface area (Å²) in [6, 6.07) is 18.0. The third kappa shape index (κ3) is 5.23. The van der Waals surface area contributed by atoms with E-state index in [0.29, 0.717) is 15.8 Å². The van der Waals surface area contributed by atoms with E-state index in [-0.39, 0.29) is 12.4 Å². The van der Waals surface area contributed by atoms with E-state index >= 15 is 0 Å². The molecule has 2 aromatic rings. The maximum Gasteiger partial charge on any atom is 0.100 e. The van der Waals surface area contributed by atoms with Gasteiger partial charge >= 0.3 is 0 Å². The monoisotopic (exact) mass is 352 g/mol. The van der Waals surface area contributed by atoms with Gasteiger partial charge in [0.25, 0.3) is 0 Å². The van der Waals surface area contributed by atoms with Gasteiger partial charge in [0.1, 0.15) is 6.07 Å². The second-order valence-corrected chi connectivity index (χ2v) is 6.34. The zero-order valence-corrected chi connectivity index (χ0v) is 14.6. The second-order valence-electron chi connectivity index (χ2n) is 4.66. The Morgan fingerprint density at radius 3 is 2.59 bits per heavy atom. The summed E-state index contributed by atoms with van der Waals surface area (Å²) in [6.45, 7) is 0.926. The number of hydrogen-bond donors (Lipinski definition) is 1. The molecule has 1 atom stereocenters. The van der Waals surface area contributed by atoms with E-state index in [9.17, 15) is 5.26 Å². The molecule has 0 aliphatic heterocycles. The quantitative estimate of drug-likeness (QED) is 0.736. The van der Waals surface area contributed by atoms with Crippen LogP contribution in [0.5, 0.6) is 0 Å². The number of benzene rings is 2. The van der Waals surface area contributed by atoms with Crippen molar-refractivity contribution < 1.29 is 0 Å². The maximum atomic E-state index is 9.25. The van der Waals surface area contributed by atoms with Crippen LogP contribution in [0.25, 0.3) is 0 Å². The molecule has 0 saturated carbocycles. The molecule has 2 nitrogen and oxygen atoms in total. The number of nitrogens with zero attached hydrogens (tertiary/aromatic N) is 1. The van der Waals surface area contributed by atoms with E-state index in [1.54, 1.807) is 23.9 Å². The molecule has 5 heteroatoms. The van der Waals surface area contributed by atoms with Crippen molar-refractivity contribution in [3.63, 3.8) is 0 Å². The van der Waals surface area contributed by atoms with E-state index in [2.05, 4.69) is 23.5 Å². The Balaban J connectivity index is 0.00000242. The Morgan fingerprint density at radius 2 is 1.95 bits per heavy atom. The van der Waals surface area contributed by atoms with Gasteiger partial charge in [0.2, 0.25) is 0 Å². The molecule has 1 N–H and O–H groups in total. The third-order valence-corrected chi connectivity index (χ3v) is 4.78. The molecule has 0 aromatic heterocycles. The van der Waals surface area contributed by atoms with E-state index in [1.165, 1.54) is 5.56 Å². The number of thioether (sulfide) groups is 1. The fourth-order valence-corrected chi connectivity index (χ4v) is 3.58. The van der Waals surface area contributed by atoms with Gasteiger partial charge in [0.05, 0.1) is 5.56 Å². The fourth-order valence-electron chi connectivity index (χ4n) is 2.08. The van der Waals surface area contributed by atoms with Gasteiger partial charge in [0.15, 0.2) is 0 Å². The van der Waals surface area contributed by atoms with Crippen molar-refractivity contribution in [1.29, 1.82) is 5.26 Å². The Kier molecular flexibility index (Phi) is 8.37. The summed E-state index contributed by atoms with van der Waals surface area (Å²) in [5.74, 6) is 0. The molecule has 1 unspecified atom stereocenters. The average molecular weight is 353 g/mol. The Labute approximate surface area is 147 Å². The highest BCUT2D eigenvalue weighted by Gasteiger charge is 2.15. The van der Waals surface area contributed by atoms with Gasteiger partial charge in [-0.05, 0) is 43.8 Å². The molecular weight excluding hydrogens is 335 g/mol. The maximum absolute atomic E-state index is 9.25. The normalized spacial score (nSPS) is 11.3. The Morgan fingerprint density at radius 1 is 1.23 bits per heavy atom. The largest absolute Gasteiger partial charge is 0.320 e. The molecule has 2 aromatic carbocycles. The van der Waals surface area contributed by atoms with Crippen molar-refractivity contribution in [1.82, 2.24) is 5.32 Å². The van der Waals surface area contributed by atoms with Crippen LogP contribution >= 0.6 is 35.8 Å². The van der Waals surface area contributed by atoms with Crippen LogP contribution in [-0.2, 0) is 0 Å². The number of rotatable bonds is 6. The van der Waals surface area contributed by atoms with E-state index in [1.807, 2.05) is 31.3 Å². The van der Waals surface area contributed by atoms with Gasteiger partial charge < -0.3 is 5.32 Å². The molecule has 0 radical (unpaired) electrons. The summed E-state index contributed by atoms with van der Waals surface area (Å²) in [6.07, 6.45) is 0.989. The number of halogens is 2. The molecule has 0 aliphatic rings. The minimum atomic E-state index is 0. The number of nitriles is 1. The molecule has 0 aliphatic carbocycles. The van der Waals surface area contributed by atoms with Crippen LogP contribution in [0.4, 0.5) is 0 Å². The van der Waals surface area contributed by atoms with Crippen LogP contribution in [0.1, 0.15) is 22.8 Å². The highest BCUT2D eigenvalue weighted by Crippen LogP contribution is 2.39. The summed E-state index contributed by atoms with van der Waals surface area (Å²) in [4.78, 5) is 0.940. The molecule has 116 valence electrons. The molecule has 0 bridgehead atoms. The molecule has 22 heavy (non-hydrogen) atoms. The summed E-state index contributed by atoms with van der Waals surface area (Å²) < 4.78 is 0. The van der Waals surface area contributed by atoms with Crippen LogP contribution in [-0.4, -0.2) is 13.6 Å². The van der Waals surface area contributed by atoms with Crippen LogP contribution in [0.2, 0.25) is 5.02 Å². The lowest BCUT2D eigenvalue weighted by molar-refractivity contribution is 0.715. The van der Waals surface area contributed by atoms with Crippen LogP contribution in [0.15, 0.2) is 53.4 Å². The van der Waals surface area contributed by atoms with Crippen LogP contribution in [0, 0.1) is 11.3 Å². The second kappa shape index (κ2) is 9.76. The summed E-state index contributed by atoms with van der Waals surface area (Å²) in [5.41, 5.74) is 1.94. The molecule has 2 rings (SSSR count). The van der Waals surface area contributed by atoms with Crippen molar-refractivity contribution in [2.24, 2.45) is 0 Å². The predicted octanol–water partition coefficient (Wildman–Crippen LogP) is 5.08. The molecule has 0 spiro atoms. The van der Waals surface area contributed by atoms with Crippen molar-refractivity contribution in [3.05, 3.63) is 64.7 Å². The van der Waals surface area contributed by atoms with Crippen molar-refractivity contribution in [3.8, 4) is 6.07 Å². The first kappa shape index (κ1) is 18.9. The topological polar surface area (TPSA) is 35.8 Å². The first-order chi connectivity index (χ1) is 10.2. The lowest BCUT2D eigenvalue weighted by atomic mass is 10.1. The molecule has 0 heterocycles. The van der Waals surface area contributed by atoms with Crippen molar-refractivity contribution >= 4 is 35.8 Å². The molecule has 0 saturated heterocycles. The van der Waals surface area contributed by atoms with Gasteiger partial charge in [-0.3, -0.25) is 0 Å². The number of nitrogens with one attached hydrogen (secondary N) is 1. The minimum Gasteiger partial charge on any atom is -0.320 e. The van der Waals surface area contributed by atoms with Crippen LogP contribution < -0.4 is 5.32 Å². The highest BCUT2D eigenvalue weighted by molar-refractivity contribution is 7.99. The standard InChI is InChI=1S/C17H17ClN2S.ClH/c1-20-10-9-16(13-5-3-2-4-6-13)21-17-11-15(18)8-7-14(17)12-19;/h2-8,11,16,20H,9-10H2,1H3;1H. The minimum absolute atomic E-state index is 0. The summed E-state index contributed by atoms with van der Waals surface area (Å²) in [7, 11) is 1.95. The van der Waals surface area contributed by atoms with Gasteiger partial charge in [-0.1, -0.05) is 41.9 Å². The van der Waals surface area contributed by atoms with E-state index in [0.717, 1.165) is 17.9 Å². The van der Waals surface area contributed by atoms with Gasteiger partial charge in [-0.2, -0.15) is 5.26 Å².